The molecule has 146 valence electrons. The van der Waals surface area contributed by atoms with Gasteiger partial charge in [-0.05, 0) is 63.1 Å². The van der Waals surface area contributed by atoms with Crippen LogP contribution in [0.25, 0.3) is 0 Å². The van der Waals surface area contributed by atoms with Crippen LogP contribution in [0, 0.1) is 0 Å². The summed E-state index contributed by atoms with van der Waals surface area (Å²) in [5.74, 6) is 0. The standard InChI is InChI=1S/C23H32N2O2/c1-3-4-12-24(2)21-19-7-5-6-8-20(19)23(22(21)26)10-13-25(14-11-23)16-18-9-15-27-17-18/h5-9,15,17,21-22,26H,3-4,10-14,16H2,1-2H3/t21-,22+/m0/s1. The van der Waals surface area contributed by atoms with E-state index in [1.807, 2.05) is 12.3 Å². The predicted molar refractivity (Wildman–Crippen MR) is 108 cm³/mol. The Morgan fingerprint density at radius 1 is 1.22 bits per heavy atom. The number of fused-ring (bicyclic) bond motifs is 2. The Balaban J connectivity index is 1.54. The van der Waals surface area contributed by atoms with Gasteiger partial charge in [0.2, 0.25) is 0 Å². The van der Waals surface area contributed by atoms with Crippen LogP contribution in [0.1, 0.15) is 55.3 Å². The van der Waals surface area contributed by atoms with Crippen molar-refractivity contribution >= 4 is 0 Å². The Bertz CT molecular complexity index is 735. The molecule has 0 saturated carbocycles. The second-order valence-corrected chi connectivity index (χ2v) is 8.37. The zero-order chi connectivity index (χ0) is 18.9. The average Bonchev–Trinajstić information content (AvgIpc) is 3.28. The monoisotopic (exact) mass is 368 g/mol. The minimum atomic E-state index is -0.326. The lowest BCUT2D eigenvalue weighted by molar-refractivity contribution is -0.00998. The quantitative estimate of drug-likeness (QED) is 0.838. The van der Waals surface area contributed by atoms with Crippen LogP contribution in [0.4, 0.5) is 0 Å². The molecular weight excluding hydrogens is 336 g/mol. The number of piperidine rings is 1. The van der Waals surface area contributed by atoms with E-state index in [0.717, 1.165) is 39.0 Å². The smallest absolute Gasteiger partial charge is 0.0947 e. The number of likely N-dealkylation sites (tertiary alicyclic amines) is 1. The number of nitrogens with zero attached hydrogens (tertiary/aromatic N) is 2. The molecule has 1 aromatic carbocycles. The number of likely N-dealkylation sites (N-methyl/N-ethyl adjacent to an activating group) is 1. The third-order valence-corrected chi connectivity index (χ3v) is 6.75. The lowest BCUT2D eigenvalue weighted by Gasteiger charge is -2.43. The SMILES string of the molecule is CCCCN(C)[C@H]1c2ccccc2C2(CCN(Cc3ccoc3)CC2)[C@@H]1O. The molecular formula is C23H32N2O2. The molecule has 2 aliphatic rings. The lowest BCUT2D eigenvalue weighted by atomic mass is 9.72. The van der Waals surface area contributed by atoms with Crippen LogP contribution in [-0.2, 0) is 12.0 Å². The van der Waals surface area contributed by atoms with E-state index in [1.54, 1.807) is 6.26 Å². The Kier molecular flexibility index (Phi) is 5.40. The summed E-state index contributed by atoms with van der Waals surface area (Å²) in [5, 5.41) is 11.5. The van der Waals surface area contributed by atoms with Crippen molar-refractivity contribution in [1.82, 2.24) is 9.80 Å². The molecule has 1 N–H and O–H groups in total. The van der Waals surface area contributed by atoms with Gasteiger partial charge in [0.1, 0.15) is 0 Å². The molecule has 4 nitrogen and oxygen atoms in total. The van der Waals surface area contributed by atoms with Crippen molar-refractivity contribution in [2.45, 2.75) is 56.7 Å². The number of furan rings is 1. The van der Waals surface area contributed by atoms with Gasteiger partial charge in [-0.1, -0.05) is 37.6 Å². The number of rotatable bonds is 6. The molecule has 1 aliphatic carbocycles. The largest absolute Gasteiger partial charge is 0.472 e. The van der Waals surface area contributed by atoms with Crippen LogP contribution < -0.4 is 0 Å². The van der Waals surface area contributed by atoms with Crippen LogP contribution in [0.5, 0.6) is 0 Å². The number of unbranched alkanes of at least 4 members (excludes halogenated alkanes) is 1. The fourth-order valence-corrected chi connectivity index (χ4v) is 5.18. The van der Waals surface area contributed by atoms with Gasteiger partial charge in [-0.15, -0.1) is 0 Å². The highest BCUT2D eigenvalue weighted by Gasteiger charge is 2.53. The Labute approximate surface area is 162 Å². The van der Waals surface area contributed by atoms with Crippen molar-refractivity contribution in [1.29, 1.82) is 0 Å². The molecule has 2 aromatic rings. The topological polar surface area (TPSA) is 39.9 Å². The molecule has 2 heterocycles. The Hall–Kier alpha value is -1.62. The number of aliphatic hydroxyl groups is 1. The van der Waals surface area contributed by atoms with Crippen molar-refractivity contribution in [3.8, 4) is 0 Å². The van der Waals surface area contributed by atoms with E-state index in [0.29, 0.717) is 0 Å². The van der Waals surface area contributed by atoms with Gasteiger partial charge in [0, 0.05) is 17.5 Å². The number of hydrogen-bond donors (Lipinski definition) is 1. The molecule has 0 radical (unpaired) electrons. The van der Waals surface area contributed by atoms with E-state index in [9.17, 15) is 5.11 Å². The zero-order valence-corrected chi connectivity index (χ0v) is 16.6. The van der Waals surface area contributed by atoms with Crippen molar-refractivity contribution in [2.24, 2.45) is 0 Å². The van der Waals surface area contributed by atoms with Crippen LogP contribution in [0.2, 0.25) is 0 Å². The molecule has 4 rings (SSSR count). The first-order valence-electron chi connectivity index (χ1n) is 10.4. The van der Waals surface area contributed by atoms with Crippen molar-refractivity contribution < 1.29 is 9.52 Å². The van der Waals surface area contributed by atoms with Crippen molar-refractivity contribution in [3.05, 3.63) is 59.5 Å². The molecule has 0 amide bonds. The molecule has 1 fully saturated rings. The first-order valence-corrected chi connectivity index (χ1v) is 10.4. The molecule has 1 aliphatic heterocycles. The number of benzene rings is 1. The van der Waals surface area contributed by atoms with Crippen LogP contribution in [0.3, 0.4) is 0 Å². The summed E-state index contributed by atoms with van der Waals surface area (Å²) in [6, 6.07) is 10.9. The van der Waals surface area contributed by atoms with E-state index < -0.39 is 0 Å². The minimum absolute atomic E-state index is 0.103. The van der Waals surface area contributed by atoms with E-state index >= 15 is 0 Å². The molecule has 1 aromatic heterocycles. The van der Waals surface area contributed by atoms with Gasteiger partial charge in [-0.2, -0.15) is 0 Å². The van der Waals surface area contributed by atoms with Crippen LogP contribution in [-0.4, -0.2) is 47.7 Å². The number of aliphatic hydroxyl groups excluding tert-OH is 1. The molecule has 4 heteroatoms. The van der Waals surface area contributed by atoms with Gasteiger partial charge in [0.15, 0.2) is 0 Å². The third kappa shape index (κ3) is 3.35. The van der Waals surface area contributed by atoms with Crippen LogP contribution in [0.15, 0.2) is 47.3 Å². The van der Waals surface area contributed by atoms with Crippen molar-refractivity contribution in [3.63, 3.8) is 0 Å². The first-order chi connectivity index (χ1) is 13.2. The Morgan fingerprint density at radius 3 is 2.70 bits per heavy atom. The molecule has 1 saturated heterocycles. The van der Waals surface area contributed by atoms with E-state index in [-0.39, 0.29) is 17.6 Å². The molecule has 1 spiro atoms. The third-order valence-electron chi connectivity index (χ3n) is 6.75. The summed E-state index contributed by atoms with van der Waals surface area (Å²) in [6.07, 6.45) is 7.64. The maximum Gasteiger partial charge on any atom is 0.0947 e. The van der Waals surface area contributed by atoms with Gasteiger partial charge >= 0.3 is 0 Å². The fraction of sp³-hybridized carbons (Fsp3) is 0.565. The van der Waals surface area contributed by atoms with E-state index in [4.69, 9.17) is 4.42 Å². The lowest BCUT2D eigenvalue weighted by Crippen LogP contribution is -2.49. The van der Waals surface area contributed by atoms with Gasteiger partial charge in [0.05, 0.1) is 24.7 Å². The van der Waals surface area contributed by atoms with Gasteiger partial charge < -0.3 is 9.52 Å². The second-order valence-electron chi connectivity index (χ2n) is 8.37. The highest BCUT2D eigenvalue weighted by molar-refractivity contribution is 5.45. The first kappa shape index (κ1) is 18.7. The summed E-state index contributed by atoms with van der Waals surface area (Å²) in [5.41, 5.74) is 3.85. The maximum absolute atomic E-state index is 11.5. The highest BCUT2D eigenvalue weighted by Crippen LogP contribution is 2.52. The number of hydrogen-bond acceptors (Lipinski definition) is 4. The van der Waals surface area contributed by atoms with Gasteiger partial charge in [-0.3, -0.25) is 9.80 Å². The molecule has 27 heavy (non-hydrogen) atoms. The molecule has 0 bridgehead atoms. The molecule has 0 unspecified atom stereocenters. The normalized spacial score (nSPS) is 24.6. The summed E-state index contributed by atoms with van der Waals surface area (Å²) >= 11 is 0. The van der Waals surface area contributed by atoms with Crippen LogP contribution >= 0.6 is 0 Å². The molecule has 2 atom stereocenters. The summed E-state index contributed by atoms with van der Waals surface area (Å²) in [7, 11) is 2.17. The summed E-state index contributed by atoms with van der Waals surface area (Å²) in [4.78, 5) is 4.86. The maximum atomic E-state index is 11.5. The van der Waals surface area contributed by atoms with Crippen molar-refractivity contribution in [2.75, 3.05) is 26.7 Å². The summed E-state index contributed by atoms with van der Waals surface area (Å²) in [6.45, 7) is 6.23. The van der Waals surface area contributed by atoms with Gasteiger partial charge in [-0.25, -0.2) is 0 Å². The fourth-order valence-electron chi connectivity index (χ4n) is 5.18. The van der Waals surface area contributed by atoms with E-state index in [1.165, 1.54) is 29.5 Å². The van der Waals surface area contributed by atoms with Gasteiger partial charge in [0.25, 0.3) is 0 Å². The second kappa shape index (κ2) is 7.78. The Morgan fingerprint density at radius 2 is 2.00 bits per heavy atom. The highest BCUT2D eigenvalue weighted by atomic mass is 16.3. The van der Waals surface area contributed by atoms with E-state index in [2.05, 4.69) is 48.0 Å². The predicted octanol–water partition coefficient (Wildman–Crippen LogP) is 3.96. The summed E-state index contributed by atoms with van der Waals surface area (Å²) < 4.78 is 5.21. The zero-order valence-electron chi connectivity index (χ0n) is 16.6. The average molecular weight is 369 g/mol. The minimum Gasteiger partial charge on any atom is -0.472 e.